The molecule has 1 aromatic carbocycles. The third-order valence-corrected chi connectivity index (χ3v) is 5.54. The second-order valence-electron chi connectivity index (χ2n) is 5.08. The van der Waals surface area contributed by atoms with E-state index in [1.807, 2.05) is 6.92 Å². The zero-order valence-electron chi connectivity index (χ0n) is 10.4. The summed E-state index contributed by atoms with van der Waals surface area (Å²) in [4.78, 5) is 0.253. The Bertz CT molecular complexity index is 631. The summed E-state index contributed by atoms with van der Waals surface area (Å²) in [5.41, 5.74) is 6.51. The van der Waals surface area contributed by atoms with Gasteiger partial charge in [-0.15, -0.1) is 0 Å². The van der Waals surface area contributed by atoms with Crippen LogP contribution in [0.5, 0.6) is 0 Å². The normalized spacial score (nSPS) is 25.2. The molecule has 1 heterocycles. The predicted octanol–water partition coefficient (Wildman–Crippen LogP) is 1.96. The van der Waals surface area contributed by atoms with E-state index in [1.165, 1.54) is 0 Å². The van der Waals surface area contributed by atoms with Crippen LogP contribution in [0.15, 0.2) is 18.2 Å². The van der Waals surface area contributed by atoms with Gasteiger partial charge in [-0.05, 0) is 31.5 Å². The fourth-order valence-corrected chi connectivity index (χ4v) is 4.71. The fraction of sp³-hybridized carbons (Fsp3) is 0.417. The molecule has 0 aliphatic carbocycles. The van der Waals surface area contributed by atoms with Crippen LogP contribution in [0.1, 0.15) is 18.9 Å². The molecule has 1 fully saturated rings. The van der Waals surface area contributed by atoms with Gasteiger partial charge in [-0.1, -0.05) is 23.8 Å². The van der Waals surface area contributed by atoms with Crippen molar-refractivity contribution >= 4 is 44.3 Å². The molecule has 0 aromatic heterocycles. The molecule has 1 atom stereocenters. The van der Waals surface area contributed by atoms with Crippen LogP contribution < -0.4 is 11.1 Å². The van der Waals surface area contributed by atoms with Crippen LogP contribution in [0.4, 0.5) is 5.69 Å². The van der Waals surface area contributed by atoms with Gasteiger partial charge in [0.2, 0.25) is 0 Å². The second kappa shape index (κ2) is 4.92. The summed E-state index contributed by atoms with van der Waals surface area (Å²) in [5, 5.41) is 3.78. The van der Waals surface area contributed by atoms with E-state index in [1.54, 1.807) is 18.2 Å². The Labute approximate surface area is 123 Å². The minimum absolute atomic E-state index is 0.100. The van der Waals surface area contributed by atoms with Crippen LogP contribution in [0, 0.1) is 0 Å². The number of anilines is 1. The second-order valence-corrected chi connectivity index (χ2v) is 8.14. The summed E-state index contributed by atoms with van der Waals surface area (Å²) >= 11 is 11.0. The number of halogens is 1. The Morgan fingerprint density at radius 3 is 2.74 bits per heavy atom. The molecule has 19 heavy (non-hydrogen) atoms. The first-order valence-corrected chi connectivity index (χ1v) is 8.40. The van der Waals surface area contributed by atoms with Gasteiger partial charge in [-0.25, -0.2) is 8.42 Å². The summed E-state index contributed by atoms with van der Waals surface area (Å²) in [6.45, 7) is 1.88. The molecule has 0 amide bonds. The highest BCUT2D eigenvalue weighted by Gasteiger charge is 2.38. The Balaban J connectivity index is 2.33. The largest absolute Gasteiger partial charge is 0.389 e. The first-order valence-electron chi connectivity index (χ1n) is 5.79. The summed E-state index contributed by atoms with van der Waals surface area (Å²) < 4.78 is 23.2. The maximum atomic E-state index is 11.6. The number of nitrogens with one attached hydrogen (secondary N) is 1. The van der Waals surface area contributed by atoms with Crippen LogP contribution in [-0.2, 0) is 9.84 Å². The van der Waals surface area contributed by atoms with Gasteiger partial charge < -0.3 is 11.1 Å². The van der Waals surface area contributed by atoms with E-state index in [4.69, 9.17) is 29.6 Å². The maximum Gasteiger partial charge on any atom is 0.152 e. The summed E-state index contributed by atoms with van der Waals surface area (Å²) in [6.07, 6.45) is 0.554. The molecule has 3 N–H and O–H groups in total. The molecule has 0 spiro atoms. The maximum absolute atomic E-state index is 11.6. The number of thiocarbonyl (C=S) groups is 1. The lowest BCUT2D eigenvalue weighted by Gasteiger charge is -2.27. The Hall–Kier alpha value is -0.850. The van der Waals surface area contributed by atoms with Crippen molar-refractivity contribution in [2.24, 2.45) is 5.73 Å². The highest BCUT2D eigenvalue weighted by Crippen LogP contribution is 2.30. The van der Waals surface area contributed by atoms with Crippen molar-refractivity contribution in [3.8, 4) is 0 Å². The third kappa shape index (κ3) is 3.38. The molecular weight excluding hydrogens is 304 g/mol. The van der Waals surface area contributed by atoms with E-state index in [0.29, 0.717) is 22.7 Å². The zero-order chi connectivity index (χ0) is 14.3. The number of sulfone groups is 1. The van der Waals surface area contributed by atoms with Crippen LogP contribution in [0.2, 0.25) is 5.02 Å². The minimum Gasteiger partial charge on any atom is -0.389 e. The minimum atomic E-state index is -2.98. The average molecular weight is 319 g/mol. The van der Waals surface area contributed by atoms with Gasteiger partial charge in [-0.2, -0.15) is 0 Å². The van der Waals surface area contributed by atoms with Crippen molar-refractivity contribution in [2.75, 3.05) is 16.8 Å². The molecule has 1 aromatic rings. The van der Waals surface area contributed by atoms with Gasteiger partial charge in [0.1, 0.15) is 4.99 Å². The van der Waals surface area contributed by atoms with Gasteiger partial charge in [0.25, 0.3) is 0 Å². The molecule has 4 nitrogen and oxygen atoms in total. The molecule has 2 rings (SSSR count). The van der Waals surface area contributed by atoms with Gasteiger partial charge >= 0.3 is 0 Å². The lowest BCUT2D eigenvalue weighted by Crippen LogP contribution is -2.36. The topological polar surface area (TPSA) is 72.2 Å². The molecule has 104 valence electrons. The highest BCUT2D eigenvalue weighted by atomic mass is 35.5. The van der Waals surface area contributed by atoms with E-state index in [9.17, 15) is 8.42 Å². The number of hydrogen-bond donors (Lipinski definition) is 2. The number of nitrogens with two attached hydrogens (primary N) is 1. The van der Waals surface area contributed by atoms with E-state index in [0.717, 1.165) is 0 Å². The molecular formula is C12H15ClN2O2S2. The fourth-order valence-electron chi connectivity index (χ4n) is 2.27. The van der Waals surface area contributed by atoms with E-state index in [2.05, 4.69) is 5.32 Å². The first-order chi connectivity index (χ1) is 8.71. The Morgan fingerprint density at radius 2 is 2.21 bits per heavy atom. The lowest BCUT2D eigenvalue weighted by molar-refractivity contribution is 0.574. The van der Waals surface area contributed by atoms with Crippen molar-refractivity contribution in [3.05, 3.63) is 28.8 Å². The molecule has 1 saturated heterocycles. The van der Waals surface area contributed by atoms with Crippen molar-refractivity contribution in [1.82, 2.24) is 0 Å². The van der Waals surface area contributed by atoms with Crippen molar-refractivity contribution < 1.29 is 8.42 Å². The Kier molecular flexibility index (Phi) is 3.77. The molecule has 1 aliphatic rings. The van der Waals surface area contributed by atoms with E-state index < -0.39 is 15.4 Å². The van der Waals surface area contributed by atoms with E-state index >= 15 is 0 Å². The van der Waals surface area contributed by atoms with Gasteiger partial charge in [0.05, 0.1) is 11.5 Å². The predicted molar refractivity (Wildman–Crippen MR) is 82.6 cm³/mol. The average Bonchev–Trinajstić information content (AvgIpc) is 2.52. The molecule has 0 bridgehead atoms. The SMILES string of the molecule is CC1(Nc2cc(Cl)ccc2C(N)=S)CCS(=O)(=O)C1. The lowest BCUT2D eigenvalue weighted by atomic mass is 10.0. The third-order valence-electron chi connectivity index (χ3n) is 3.19. The highest BCUT2D eigenvalue weighted by molar-refractivity contribution is 7.91. The first kappa shape index (κ1) is 14.6. The van der Waals surface area contributed by atoms with Crippen LogP contribution >= 0.6 is 23.8 Å². The molecule has 1 aliphatic heterocycles. The number of rotatable bonds is 3. The molecule has 0 radical (unpaired) electrons. The zero-order valence-corrected chi connectivity index (χ0v) is 12.8. The van der Waals surface area contributed by atoms with Gasteiger partial charge in [0, 0.05) is 21.8 Å². The number of hydrogen-bond acceptors (Lipinski definition) is 4. The van der Waals surface area contributed by atoms with Crippen LogP contribution in [0.3, 0.4) is 0 Å². The number of benzene rings is 1. The quantitative estimate of drug-likeness (QED) is 0.834. The summed E-state index contributed by atoms with van der Waals surface area (Å²) in [7, 11) is -2.98. The van der Waals surface area contributed by atoms with Crippen LogP contribution in [0.25, 0.3) is 0 Å². The summed E-state index contributed by atoms with van der Waals surface area (Å²) in [5.74, 6) is 0.294. The molecule has 0 saturated carbocycles. The summed E-state index contributed by atoms with van der Waals surface area (Å²) in [6, 6.07) is 5.15. The van der Waals surface area contributed by atoms with Crippen molar-refractivity contribution in [1.29, 1.82) is 0 Å². The Morgan fingerprint density at radius 1 is 1.53 bits per heavy atom. The van der Waals surface area contributed by atoms with Crippen molar-refractivity contribution in [2.45, 2.75) is 18.9 Å². The molecule has 7 heteroatoms. The standard InChI is InChI=1S/C12H15ClN2O2S2/c1-12(4-5-19(16,17)7-12)15-10-6-8(13)2-3-9(10)11(14)18/h2-3,6,15H,4-5,7H2,1H3,(H2,14,18). The van der Waals surface area contributed by atoms with Gasteiger partial charge in [-0.3, -0.25) is 0 Å². The molecule has 1 unspecified atom stereocenters. The van der Waals surface area contributed by atoms with Crippen LogP contribution in [-0.4, -0.2) is 30.5 Å². The van der Waals surface area contributed by atoms with Gasteiger partial charge in [0.15, 0.2) is 9.84 Å². The van der Waals surface area contributed by atoms with Crippen molar-refractivity contribution in [3.63, 3.8) is 0 Å². The monoisotopic (exact) mass is 318 g/mol. The van der Waals surface area contributed by atoms with E-state index in [-0.39, 0.29) is 16.5 Å². The smallest absolute Gasteiger partial charge is 0.152 e.